The topological polar surface area (TPSA) is 111 Å². The first-order valence-corrected chi connectivity index (χ1v) is 11.1. The number of ether oxygens (including phenoxy) is 1. The maximum atomic E-state index is 13.3. The number of aromatic nitrogens is 4. The van der Waals surface area contributed by atoms with E-state index in [1.807, 2.05) is 0 Å². The first-order valence-electron chi connectivity index (χ1n) is 11.1. The fourth-order valence-corrected chi connectivity index (χ4v) is 4.07. The molecule has 4 heterocycles. The Labute approximate surface area is 191 Å². The molecule has 0 saturated heterocycles. The van der Waals surface area contributed by atoms with Crippen LogP contribution in [0.3, 0.4) is 0 Å². The van der Waals surface area contributed by atoms with Crippen LogP contribution in [0, 0.1) is 5.92 Å². The minimum Gasteiger partial charge on any atom is -0.496 e. The Balaban J connectivity index is 1.62. The predicted octanol–water partition coefficient (Wildman–Crippen LogP) is 1.37. The summed E-state index contributed by atoms with van der Waals surface area (Å²) < 4.78 is 8.51. The number of rotatable bonds is 6. The Morgan fingerprint density at radius 3 is 2.82 bits per heavy atom. The van der Waals surface area contributed by atoms with Crippen LogP contribution in [0.15, 0.2) is 35.5 Å². The van der Waals surface area contributed by atoms with Crippen molar-refractivity contribution in [1.82, 2.24) is 29.4 Å². The van der Waals surface area contributed by atoms with E-state index in [0.717, 1.165) is 6.42 Å². The number of carbonyl (C=O) groups excluding carboxylic acids is 2. The summed E-state index contributed by atoms with van der Waals surface area (Å²) >= 11 is 0. The van der Waals surface area contributed by atoms with Gasteiger partial charge in [0.05, 0.1) is 13.3 Å². The van der Waals surface area contributed by atoms with E-state index >= 15 is 0 Å². The van der Waals surface area contributed by atoms with Crippen molar-refractivity contribution in [3.8, 4) is 5.75 Å². The molecular weight excluding hydrogens is 424 g/mol. The highest BCUT2D eigenvalue weighted by Crippen LogP contribution is 2.23. The quantitative estimate of drug-likeness (QED) is 0.605. The number of amides is 2. The van der Waals surface area contributed by atoms with Crippen LogP contribution in [0.2, 0.25) is 0 Å². The number of nitrogens with zero attached hydrogens (tertiary/aromatic N) is 5. The van der Waals surface area contributed by atoms with Crippen LogP contribution in [0.4, 0.5) is 0 Å². The van der Waals surface area contributed by atoms with Crippen LogP contribution in [0.25, 0.3) is 5.65 Å². The third-order valence-electron chi connectivity index (χ3n) is 5.84. The SMILES string of the molecule is COc1cc(=O)n2c(c1C(=O)NCCC(C)C)CCN(C(=O)c1cnn3cccnc13)CC2. The molecule has 33 heavy (non-hydrogen) atoms. The minimum atomic E-state index is -0.275. The summed E-state index contributed by atoms with van der Waals surface area (Å²) in [7, 11) is 1.45. The highest BCUT2D eigenvalue weighted by Gasteiger charge is 2.28. The maximum Gasteiger partial charge on any atom is 0.259 e. The molecule has 0 atom stereocenters. The van der Waals surface area contributed by atoms with Gasteiger partial charge in [0.1, 0.15) is 16.9 Å². The number of pyridine rings is 1. The van der Waals surface area contributed by atoms with Gasteiger partial charge in [-0.15, -0.1) is 0 Å². The first-order chi connectivity index (χ1) is 15.9. The van der Waals surface area contributed by atoms with Crippen LogP contribution in [0.1, 0.15) is 46.7 Å². The third-order valence-corrected chi connectivity index (χ3v) is 5.84. The van der Waals surface area contributed by atoms with Crippen molar-refractivity contribution in [3.63, 3.8) is 0 Å². The molecule has 1 N–H and O–H groups in total. The number of hydrogen-bond acceptors (Lipinski definition) is 6. The highest BCUT2D eigenvalue weighted by atomic mass is 16.5. The lowest BCUT2D eigenvalue weighted by Gasteiger charge is -2.19. The molecule has 3 aromatic rings. The number of methoxy groups -OCH3 is 1. The second kappa shape index (κ2) is 9.43. The summed E-state index contributed by atoms with van der Waals surface area (Å²) in [5.74, 6) is 0.221. The Kier molecular flexibility index (Phi) is 6.43. The van der Waals surface area contributed by atoms with Crippen molar-refractivity contribution in [2.45, 2.75) is 33.2 Å². The molecule has 4 rings (SSSR count). The van der Waals surface area contributed by atoms with Gasteiger partial charge in [-0.05, 0) is 18.4 Å². The van der Waals surface area contributed by atoms with E-state index in [4.69, 9.17) is 4.74 Å². The van der Waals surface area contributed by atoms with E-state index < -0.39 is 0 Å². The summed E-state index contributed by atoms with van der Waals surface area (Å²) in [6.07, 6.45) is 6.04. The van der Waals surface area contributed by atoms with Crippen molar-refractivity contribution < 1.29 is 14.3 Å². The van der Waals surface area contributed by atoms with Gasteiger partial charge >= 0.3 is 0 Å². The van der Waals surface area contributed by atoms with Crippen LogP contribution in [-0.2, 0) is 13.0 Å². The highest BCUT2D eigenvalue weighted by molar-refractivity contribution is 6.00. The second-order valence-corrected chi connectivity index (χ2v) is 8.45. The van der Waals surface area contributed by atoms with Gasteiger partial charge in [-0.3, -0.25) is 14.4 Å². The lowest BCUT2D eigenvalue weighted by atomic mass is 10.1. The number of carbonyl (C=O) groups is 2. The van der Waals surface area contributed by atoms with Gasteiger partial charge in [-0.25, -0.2) is 9.50 Å². The Morgan fingerprint density at radius 2 is 2.06 bits per heavy atom. The average molecular weight is 453 g/mol. The molecule has 174 valence electrons. The standard InChI is InChI=1S/C23H28N6O4/c1-15(2)5-8-25-22(31)20-17-6-10-27(11-12-28(17)19(30)13-18(20)33-3)23(32)16-14-26-29-9-4-7-24-21(16)29/h4,7,9,13-15H,5-6,8,10-12H2,1-3H3,(H,25,31). The maximum absolute atomic E-state index is 13.3. The lowest BCUT2D eigenvalue weighted by Crippen LogP contribution is -2.34. The fraction of sp³-hybridized carbons (Fsp3) is 0.435. The summed E-state index contributed by atoms with van der Waals surface area (Å²) in [5.41, 5.74) is 1.56. The Morgan fingerprint density at radius 1 is 1.24 bits per heavy atom. The van der Waals surface area contributed by atoms with E-state index in [9.17, 15) is 14.4 Å². The van der Waals surface area contributed by atoms with E-state index in [-0.39, 0.29) is 29.7 Å². The largest absolute Gasteiger partial charge is 0.496 e. The van der Waals surface area contributed by atoms with Crippen molar-refractivity contribution >= 4 is 17.5 Å². The lowest BCUT2D eigenvalue weighted by molar-refractivity contribution is 0.0760. The normalized spacial score (nSPS) is 13.6. The molecule has 0 saturated carbocycles. The molecule has 10 heteroatoms. The van der Waals surface area contributed by atoms with Gasteiger partial charge in [0.25, 0.3) is 17.4 Å². The van der Waals surface area contributed by atoms with Gasteiger partial charge in [-0.2, -0.15) is 5.10 Å². The molecule has 0 aromatic carbocycles. The zero-order valence-corrected chi connectivity index (χ0v) is 19.1. The molecule has 3 aromatic heterocycles. The molecule has 1 aliphatic heterocycles. The molecule has 0 fully saturated rings. The van der Waals surface area contributed by atoms with Crippen molar-refractivity contribution in [1.29, 1.82) is 0 Å². The van der Waals surface area contributed by atoms with Crippen LogP contribution in [-0.4, -0.2) is 62.6 Å². The van der Waals surface area contributed by atoms with Crippen LogP contribution in [0.5, 0.6) is 5.75 Å². The zero-order chi connectivity index (χ0) is 23.5. The molecule has 0 radical (unpaired) electrons. The molecule has 10 nitrogen and oxygen atoms in total. The van der Waals surface area contributed by atoms with E-state index in [0.29, 0.717) is 54.4 Å². The molecule has 1 aliphatic rings. The molecule has 2 amide bonds. The third kappa shape index (κ3) is 4.46. The first kappa shape index (κ1) is 22.5. The molecule has 0 unspecified atom stereocenters. The number of fused-ring (bicyclic) bond motifs is 2. The van der Waals surface area contributed by atoms with Crippen LogP contribution >= 0.6 is 0 Å². The molecule has 0 spiro atoms. The Hall–Kier alpha value is -3.69. The molecule has 0 aliphatic carbocycles. The minimum absolute atomic E-state index is 0.209. The fourth-order valence-electron chi connectivity index (χ4n) is 4.07. The second-order valence-electron chi connectivity index (χ2n) is 8.45. The van der Waals surface area contributed by atoms with Crippen molar-refractivity contribution in [2.24, 2.45) is 5.92 Å². The zero-order valence-electron chi connectivity index (χ0n) is 19.1. The monoisotopic (exact) mass is 452 g/mol. The smallest absolute Gasteiger partial charge is 0.259 e. The van der Waals surface area contributed by atoms with Gasteiger partial charge in [-0.1, -0.05) is 13.8 Å². The summed E-state index contributed by atoms with van der Waals surface area (Å²) in [5, 5.41) is 7.13. The Bertz CT molecular complexity index is 1250. The van der Waals surface area contributed by atoms with E-state index in [2.05, 4.69) is 29.2 Å². The number of nitrogens with one attached hydrogen (secondary N) is 1. The average Bonchev–Trinajstić information content (AvgIpc) is 3.10. The van der Waals surface area contributed by atoms with Gasteiger partial charge in [0.15, 0.2) is 5.65 Å². The van der Waals surface area contributed by atoms with Gasteiger partial charge < -0.3 is 19.5 Å². The summed E-state index contributed by atoms with van der Waals surface area (Å²) in [6, 6.07) is 3.08. The van der Waals surface area contributed by atoms with Gasteiger partial charge in [0, 0.05) is 56.8 Å². The van der Waals surface area contributed by atoms with Crippen molar-refractivity contribution in [3.05, 3.63) is 57.9 Å². The van der Waals surface area contributed by atoms with E-state index in [1.54, 1.807) is 32.4 Å². The molecular formula is C23H28N6O4. The van der Waals surface area contributed by atoms with Crippen LogP contribution < -0.4 is 15.6 Å². The summed E-state index contributed by atoms with van der Waals surface area (Å²) in [6.45, 7) is 5.67. The van der Waals surface area contributed by atoms with E-state index in [1.165, 1.54) is 19.4 Å². The predicted molar refractivity (Wildman–Crippen MR) is 122 cm³/mol. The van der Waals surface area contributed by atoms with Crippen molar-refractivity contribution in [2.75, 3.05) is 26.7 Å². The van der Waals surface area contributed by atoms with Gasteiger partial charge in [0.2, 0.25) is 0 Å². The molecule has 0 bridgehead atoms. The summed E-state index contributed by atoms with van der Waals surface area (Å²) in [4.78, 5) is 45.0. The number of hydrogen-bond donors (Lipinski definition) is 1.